The molecule has 1 unspecified atom stereocenters. The largest absolute Gasteiger partial charge is 0.465 e. The first kappa shape index (κ1) is 15.6. The Hall–Kier alpha value is -1.46. The maximum Gasteiger partial charge on any atom is 0.340 e. The summed E-state index contributed by atoms with van der Waals surface area (Å²) in [5, 5.41) is 3.53. The number of benzene rings is 1. The number of nitrogens with one attached hydrogen (secondary N) is 1. The maximum absolute atomic E-state index is 11.7. The molecule has 1 aromatic rings. The van der Waals surface area contributed by atoms with Crippen LogP contribution in [0.25, 0.3) is 0 Å². The van der Waals surface area contributed by atoms with E-state index in [1.54, 1.807) is 19.2 Å². The maximum atomic E-state index is 11.7. The van der Waals surface area contributed by atoms with Gasteiger partial charge in [0.05, 0.1) is 30.0 Å². The van der Waals surface area contributed by atoms with Crippen LogP contribution < -0.4 is 11.1 Å². The summed E-state index contributed by atoms with van der Waals surface area (Å²) in [6.45, 7) is 3.27. The quantitative estimate of drug-likeness (QED) is 0.620. The summed E-state index contributed by atoms with van der Waals surface area (Å²) in [5.74, 6) is -0.194. The van der Waals surface area contributed by atoms with Crippen molar-refractivity contribution in [2.24, 2.45) is 5.92 Å². The van der Waals surface area contributed by atoms with Gasteiger partial charge in [-0.2, -0.15) is 0 Å². The second kappa shape index (κ2) is 7.21. The highest BCUT2D eigenvalue weighted by Gasteiger charge is 2.16. The molecular formula is C13H19ClN2O3. The number of halogens is 1. The summed E-state index contributed by atoms with van der Waals surface area (Å²) in [6.07, 6.45) is 0. The molecule has 0 aliphatic carbocycles. The molecule has 0 fully saturated rings. The van der Waals surface area contributed by atoms with Gasteiger partial charge in [0.2, 0.25) is 0 Å². The minimum Gasteiger partial charge on any atom is -0.465 e. The lowest BCUT2D eigenvalue weighted by atomic mass is 10.1. The van der Waals surface area contributed by atoms with E-state index in [2.05, 4.69) is 5.32 Å². The minimum absolute atomic E-state index is 0.282. The van der Waals surface area contributed by atoms with Crippen molar-refractivity contribution in [3.63, 3.8) is 0 Å². The van der Waals surface area contributed by atoms with Crippen molar-refractivity contribution in [1.82, 2.24) is 0 Å². The summed E-state index contributed by atoms with van der Waals surface area (Å²) in [5.41, 5.74) is 6.97. The highest BCUT2D eigenvalue weighted by Crippen LogP contribution is 2.30. The van der Waals surface area contributed by atoms with E-state index < -0.39 is 5.97 Å². The number of carbonyl (C=O) groups excluding carboxylic acids is 1. The van der Waals surface area contributed by atoms with Crippen LogP contribution in [0.5, 0.6) is 0 Å². The normalized spacial score (nSPS) is 12.0. The number of hydrogen-bond donors (Lipinski definition) is 2. The fourth-order valence-electron chi connectivity index (χ4n) is 1.70. The predicted octanol–water partition coefficient (Wildman–Crippen LogP) is 2.40. The first-order valence-electron chi connectivity index (χ1n) is 5.89. The number of rotatable bonds is 6. The minimum atomic E-state index is -0.476. The topological polar surface area (TPSA) is 73.6 Å². The van der Waals surface area contributed by atoms with Crippen molar-refractivity contribution in [3.05, 3.63) is 22.7 Å². The molecule has 0 spiro atoms. The first-order chi connectivity index (χ1) is 8.99. The van der Waals surface area contributed by atoms with E-state index in [4.69, 9.17) is 26.8 Å². The van der Waals surface area contributed by atoms with E-state index >= 15 is 0 Å². The number of methoxy groups -OCH3 is 2. The number of anilines is 2. The van der Waals surface area contributed by atoms with Gasteiger partial charge in [-0.25, -0.2) is 4.79 Å². The first-order valence-corrected chi connectivity index (χ1v) is 6.27. The molecule has 6 heteroatoms. The molecule has 5 nitrogen and oxygen atoms in total. The number of nitrogen functional groups attached to an aromatic ring is 1. The van der Waals surface area contributed by atoms with Crippen molar-refractivity contribution in [2.75, 3.05) is 38.4 Å². The van der Waals surface area contributed by atoms with Gasteiger partial charge in [0.15, 0.2) is 0 Å². The van der Waals surface area contributed by atoms with Crippen LogP contribution in [0.2, 0.25) is 5.02 Å². The Kier molecular flexibility index (Phi) is 5.92. The predicted molar refractivity (Wildman–Crippen MR) is 76.7 cm³/mol. The second-order valence-corrected chi connectivity index (χ2v) is 4.77. The van der Waals surface area contributed by atoms with Crippen molar-refractivity contribution in [3.8, 4) is 0 Å². The third-order valence-corrected chi connectivity index (χ3v) is 2.89. The molecule has 0 aliphatic rings. The molecule has 106 valence electrons. The molecule has 0 heterocycles. The third-order valence-electron chi connectivity index (χ3n) is 2.60. The molecule has 0 saturated heterocycles. The lowest BCUT2D eigenvalue weighted by molar-refractivity contribution is 0.0602. The number of nitrogens with two attached hydrogens (primary N) is 1. The van der Waals surface area contributed by atoms with E-state index in [1.165, 1.54) is 7.11 Å². The molecule has 0 aromatic heterocycles. The van der Waals surface area contributed by atoms with E-state index in [0.29, 0.717) is 35.1 Å². The lowest BCUT2D eigenvalue weighted by Gasteiger charge is -2.16. The van der Waals surface area contributed by atoms with Gasteiger partial charge in [-0.15, -0.1) is 0 Å². The Balaban J connectivity index is 2.95. The standard InChI is InChI=1S/C13H19ClN2O3/c1-8(7-18-2)6-16-12-10(13(17)19-3)4-9(15)5-11(12)14/h4-5,8,16H,6-7,15H2,1-3H3. The SMILES string of the molecule is COCC(C)CNc1c(Cl)cc(N)cc1C(=O)OC. The summed E-state index contributed by atoms with van der Waals surface area (Å²) in [4.78, 5) is 11.7. The fraction of sp³-hybridized carbons (Fsp3) is 0.462. The average molecular weight is 287 g/mol. The Labute approximate surface area is 118 Å². The zero-order chi connectivity index (χ0) is 14.4. The van der Waals surface area contributed by atoms with Gasteiger partial charge in [0.1, 0.15) is 0 Å². The average Bonchev–Trinajstić information content (AvgIpc) is 2.36. The van der Waals surface area contributed by atoms with Crippen LogP contribution in [0.15, 0.2) is 12.1 Å². The number of hydrogen-bond acceptors (Lipinski definition) is 5. The number of esters is 1. The Bertz CT molecular complexity index is 452. The van der Waals surface area contributed by atoms with Crippen LogP contribution >= 0.6 is 11.6 Å². The second-order valence-electron chi connectivity index (χ2n) is 4.36. The molecule has 3 N–H and O–H groups in total. The smallest absolute Gasteiger partial charge is 0.340 e. The van der Waals surface area contributed by atoms with Crippen LogP contribution in [0, 0.1) is 5.92 Å². The van der Waals surface area contributed by atoms with Crippen LogP contribution in [-0.4, -0.2) is 33.3 Å². The highest BCUT2D eigenvalue weighted by atomic mass is 35.5. The van der Waals surface area contributed by atoms with Gasteiger partial charge in [-0.1, -0.05) is 18.5 Å². The van der Waals surface area contributed by atoms with Gasteiger partial charge in [-0.05, 0) is 18.1 Å². The number of carbonyl (C=O) groups is 1. The van der Waals surface area contributed by atoms with Crippen LogP contribution in [-0.2, 0) is 9.47 Å². The van der Waals surface area contributed by atoms with Gasteiger partial charge in [0, 0.05) is 19.3 Å². The summed E-state index contributed by atoms with van der Waals surface area (Å²) in [7, 11) is 2.96. The Morgan fingerprint density at radius 1 is 1.47 bits per heavy atom. The molecule has 1 rings (SSSR count). The number of ether oxygens (including phenoxy) is 2. The van der Waals surface area contributed by atoms with Gasteiger partial charge < -0.3 is 20.5 Å². The van der Waals surface area contributed by atoms with Crippen LogP contribution in [0.1, 0.15) is 17.3 Å². The zero-order valence-electron chi connectivity index (χ0n) is 11.3. The molecule has 1 aromatic carbocycles. The molecule has 0 saturated carbocycles. The van der Waals surface area contributed by atoms with E-state index in [1.807, 2.05) is 6.92 Å². The third kappa shape index (κ3) is 4.29. The van der Waals surface area contributed by atoms with Gasteiger partial charge in [-0.3, -0.25) is 0 Å². The fourth-order valence-corrected chi connectivity index (χ4v) is 1.99. The van der Waals surface area contributed by atoms with Gasteiger partial charge in [0.25, 0.3) is 0 Å². The van der Waals surface area contributed by atoms with Crippen LogP contribution in [0.4, 0.5) is 11.4 Å². The molecule has 0 bridgehead atoms. The van der Waals surface area contributed by atoms with Gasteiger partial charge >= 0.3 is 5.97 Å². The highest BCUT2D eigenvalue weighted by molar-refractivity contribution is 6.34. The summed E-state index contributed by atoms with van der Waals surface area (Å²) in [6, 6.07) is 3.14. The van der Waals surface area contributed by atoms with Crippen molar-refractivity contribution in [2.45, 2.75) is 6.92 Å². The van der Waals surface area contributed by atoms with Crippen molar-refractivity contribution < 1.29 is 14.3 Å². The molecule has 19 heavy (non-hydrogen) atoms. The molecular weight excluding hydrogens is 268 g/mol. The molecule has 1 atom stereocenters. The van der Waals surface area contributed by atoms with Crippen LogP contribution in [0.3, 0.4) is 0 Å². The van der Waals surface area contributed by atoms with Crippen molar-refractivity contribution >= 4 is 28.9 Å². The van der Waals surface area contributed by atoms with E-state index in [0.717, 1.165) is 0 Å². The summed E-state index contributed by atoms with van der Waals surface area (Å²) >= 11 is 6.11. The Morgan fingerprint density at radius 3 is 2.74 bits per heavy atom. The van der Waals surface area contributed by atoms with E-state index in [9.17, 15) is 4.79 Å². The molecule has 0 aliphatic heterocycles. The molecule has 0 amide bonds. The monoisotopic (exact) mass is 286 g/mol. The molecule has 0 radical (unpaired) electrons. The summed E-state index contributed by atoms with van der Waals surface area (Å²) < 4.78 is 9.78. The lowest BCUT2D eigenvalue weighted by Crippen LogP contribution is -2.18. The van der Waals surface area contributed by atoms with Crippen molar-refractivity contribution in [1.29, 1.82) is 0 Å². The van der Waals surface area contributed by atoms with E-state index in [-0.39, 0.29) is 5.92 Å². The Morgan fingerprint density at radius 2 is 2.16 bits per heavy atom. The zero-order valence-corrected chi connectivity index (χ0v) is 12.1.